The van der Waals surface area contributed by atoms with Crippen molar-refractivity contribution in [3.05, 3.63) is 32.4 Å². The van der Waals surface area contributed by atoms with Gasteiger partial charge in [-0.2, -0.15) is 5.10 Å². The zero-order chi connectivity index (χ0) is 17.1. The molecule has 3 rings (SSSR count). The number of likely N-dealkylation sites (tertiary alicyclic amines) is 1. The second kappa shape index (κ2) is 7.29. The molecule has 8 heteroatoms. The molecule has 1 N–H and O–H groups in total. The fraction of sp³-hybridized carbons (Fsp3) is 0.625. The average molecular weight is 349 g/mol. The number of aryl methyl sites for hydroxylation is 1. The van der Waals surface area contributed by atoms with Crippen molar-refractivity contribution in [2.24, 2.45) is 0 Å². The van der Waals surface area contributed by atoms with E-state index in [9.17, 15) is 9.59 Å². The molecule has 3 heterocycles. The van der Waals surface area contributed by atoms with Crippen molar-refractivity contribution in [3.8, 4) is 0 Å². The summed E-state index contributed by atoms with van der Waals surface area (Å²) < 4.78 is 1.68. The first kappa shape index (κ1) is 16.9. The Balaban J connectivity index is 1.63. The van der Waals surface area contributed by atoms with Gasteiger partial charge in [0, 0.05) is 30.9 Å². The predicted molar refractivity (Wildman–Crippen MR) is 92.5 cm³/mol. The summed E-state index contributed by atoms with van der Waals surface area (Å²) in [5, 5.41) is 9.59. The van der Waals surface area contributed by atoms with E-state index < -0.39 is 0 Å². The Bertz CT molecular complexity index is 755. The van der Waals surface area contributed by atoms with E-state index in [2.05, 4.69) is 22.1 Å². The van der Waals surface area contributed by atoms with Gasteiger partial charge in [0.2, 0.25) is 0 Å². The second-order valence-electron chi connectivity index (χ2n) is 6.07. The van der Waals surface area contributed by atoms with Crippen molar-refractivity contribution in [1.29, 1.82) is 0 Å². The molecule has 1 saturated heterocycles. The second-order valence-corrected chi connectivity index (χ2v) is 7.02. The Morgan fingerprint density at radius 1 is 1.38 bits per heavy atom. The summed E-state index contributed by atoms with van der Waals surface area (Å²) in [6.07, 6.45) is 3.60. The van der Waals surface area contributed by atoms with Gasteiger partial charge in [0.1, 0.15) is 11.5 Å². The van der Waals surface area contributed by atoms with Gasteiger partial charge in [0.15, 0.2) is 0 Å². The lowest BCUT2D eigenvalue weighted by molar-refractivity contribution is 0.0705. The van der Waals surface area contributed by atoms with E-state index in [1.807, 2.05) is 17.2 Å². The van der Waals surface area contributed by atoms with Crippen LogP contribution in [0.15, 0.2) is 10.2 Å². The predicted octanol–water partition coefficient (Wildman–Crippen LogP) is 2.02. The molecule has 0 radical (unpaired) electrons. The highest BCUT2D eigenvalue weighted by Gasteiger charge is 2.28. The molecular formula is C16H23N5O2S. The molecule has 2 aromatic heterocycles. The number of H-pyrrole nitrogens is 1. The topological polar surface area (TPSA) is 83.9 Å². The molecule has 1 fully saturated rings. The zero-order valence-corrected chi connectivity index (χ0v) is 14.9. The first-order valence-electron chi connectivity index (χ1n) is 8.52. The maximum absolute atomic E-state index is 12.6. The quantitative estimate of drug-likeness (QED) is 0.895. The molecule has 1 aliphatic heterocycles. The first-order valence-corrected chi connectivity index (χ1v) is 9.40. The molecule has 0 spiro atoms. The molecule has 1 amide bonds. The molecule has 0 aliphatic carbocycles. The smallest absolute Gasteiger partial charge is 0.337 e. The average Bonchev–Trinajstić information content (AvgIpc) is 3.21. The van der Waals surface area contributed by atoms with Crippen molar-refractivity contribution >= 4 is 17.2 Å². The van der Waals surface area contributed by atoms with Crippen LogP contribution >= 0.6 is 11.3 Å². The van der Waals surface area contributed by atoms with Gasteiger partial charge >= 0.3 is 5.69 Å². The minimum Gasteiger partial charge on any atom is -0.337 e. The van der Waals surface area contributed by atoms with Crippen molar-refractivity contribution in [2.75, 3.05) is 13.1 Å². The first-order chi connectivity index (χ1) is 11.6. The molecule has 0 bridgehead atoms. The Hall–Kier alpha value is -1.96. The van der Waals surface area contributed by atoms with E-state index in [1.165, 1.54) is 0 Å². The lowest BCUT2D eigenvalue weighted by Crippen LogP contribution is -2.38. The molecular weight excluding hydrogens is 326 g/mol. The standard InChI is InChI=1S/C16H23N5O2S/c1-3-5-13-17-12(10-24-13)15(22)20-8-6-11(7-9-20)14-18-19-16(23)21(14)4-2/h10-11H,3-9H2,1-2H3,(H,19,23). The van der Waals surface area contributed by atoms with Crippen LogP contribution < -0.4 is 5.69 Å². The number of aromatic amines is 1. The zero-order valence-electron chi connectivity index (χ0n) is 14.1. The van der Waals surface area contributed by atoms with Gasteiger partial charge in [-0.25, -0.2) is 14.9 Å². The lowest BCUT2D eigenvalue weighted by atomic mass is 9.95. The minimum absolute atomic E-state index is 0.0157. The number of piperidine rings is 1. The molecule has 0 atom stereocenters. The normalized spacial score (nSPS) is 15.8. The molecule has 2 aromatic rings. The van der Waals surface area contributed by atoms with Crippen LogP contribution in [0.1, 0.15) is 60.3 Å². The summed E-state index contributed by atoms with van der Waals surface area (Å²) in [6, 6.07) is 0. The molecule has 7 nitrogen and oxygen atoms in total. The van der Waals surface area contributed by atoms with Crippen LogP contribution in [-0.2, 0) is 13.0 Å². The molecule has 0 saturated carbocycles. The van der Waals surface area contributed by atoms with Gasteiger partial charge in [-0.15, -0.1) is 11.3 Å². The molecule has 1 aliphatic rings. The van der Waals surface area contributed by atoms with E-state index in [0.29, 0.717) is 25.3 Å². The number of hydrogen-bond acceptors (Lipinski definition) is 5. The van der Waals surface area contributed by atoms with Gasteiger partial charge in [0.05, 0.1) is 5.01 Å². The number of aromatic nitrogens is 4. The van der Waals surface area contributed by atoms with E-state index in [4.69, 9.17) is 0 Å². The van der Waals surface area contributed by atoms with E-state index in [-0.39, 0.29) is 17.5 Å². The Morgan fingerprint density at radius 2 is 2.12 bits per heavy atom. The summed E-state index contributed by atoms with van der Waals surface area (Å²) in [6.45, 7) is 6.01. The SMILES string of the molecule is CCCc1nc(C(=O)N2CCC(c3n[nH]c(=O)n3CC)CC2)cs1. The van der Waals surface area contributed by atoms with Gasteiger partial charge in [-0.05, 0) is 32.6 Å². The highest BCUT2D eigenvalue weighted by molar-refractivity contribution is 7.09. The van der Waals surface area contributed by atoms with Crippen molar-refractivity contribution in [2.45, 2.75) is 52.0 Å². The van der Waals surface area contributed by atoms with Crippen LogP contribution in [0.25, 0.3) is 0 Å². The van der Waals surface area contributed by atoms with Crippen molar-refractivity contribution in [3.63, 3.8) is 0 Å². The van der Waals surface area contributed by atoms with Crippen LogP contribution in [-0.4, -0.2) is 43.6 Å². The van der Waals surface area contributed by atoms with E-state index in [0.717, 1.165) is 36.5 Å². The van der Waals surface area contributed by atoms with E-state index >= 15 is 0 Å². The minimum atomic E-state index is -0.156. The molecule has 0 unspecified atom stereocenters. The fourth-order valence-corrected chi connectivity index (χ4v) is 4.06. The number of carbonyl (C=O) groups is 1. The molecule has 0 aromatic carbocycles. The van der Waals surface area contributed by atoms with Gasteiger partial charge in [-0.3, -0.25) is 9.36 Å². The monoisotopic (exact) mass is 349 g/mol. The third-order valence-electron chi connectivity index (χ3n) is 4.49. The third kappa shape index (κ3) is 3.28. The van der Waals surface area contributed by atoms with E-state index in [1.54, 1.807) is 15.9 Å². The number of hydrogen-bond donors (Lipinski definition) is 1. The van der Waals surface area contributed by atoms with Crippen LogP contribution in [0, 0.1) is 0 Å². The highest BCUT2D eigenvalue weighted by atomic mass is 32.1. The Morgan fingerprint density at radius 3 is 2.79 bits per heavy atom. The summed E-state index contributed by atoms with van der Waals surface area (Å²) in [4.78, 5) is 30.6. The Kier molecular flexibility index (Phi) is 5.13. The maximum atomic E-state index is 12.6. The molecule has 24 heavy (non-hydrogen) atoms. The van der Waals surface area contributed by atoms with Crippen LogP contribution in [0.4, 0.5) is 0 Å². The summed E-state index contributed by atoms with van der Waals surface area (Å²) >= 11 is 1.56. The van der Waals surface area contributed by atoms with Gasteiger partial charge < -0.3 is 4.90 Å². The number of amides is 1. The fourth-order valence-electron chi connectivity index (χ4n) is 3.19. The molecule has 130 valence electrons. The van der Waals surface area contributed by atoms with Crippen LogP contribution in [0.3, 0.4) is 0 Å². The number of carbonyl (C=O) groups excluding carboxylic acids is 1. The summed E-state index contributed by atoms with van der Waals surface area (Å²) in [5.41, 5.74) is 0.407. The van der Waals surface area contributed by atoms with Crippen LogP contribution in [0.2, 0.25) is 0 Å². The number of nitrogens with zero attached hydrogens (tertiary/aromatic N) is 4. The van der Waals surface area contributed by atoms with Gasteiger partial charge in [-0.1, -0.05) is 6.92 Å². The lowest BCUT2D eigenvalue weighted by Gasteiger charge is -2.31. The third-order valence-corrected chi connectivity index (χ3v) is 5.39. The largest absolute Gasteiger partial charge is 0.343 e. The highest BCUT2D eigenvalue weighted by Crippen LogP contribution is 2.27. The van der Waals surface area contributed by atoms with Crippen LogP contribution in [0.5, 0.6) is 0 Å². The Labute approximate surface area is 144 Å². The number of rotatable bonds is 5. The summed E-state index contributed by atoms with van der Waals surface area (Å²) in [7, 11) is 0. The van der Waals surface area contributed by atoms with Crippen molar-refractivity contribution < 1.29 is 4.79 Å². The number of thiazole rings is 1. The maximum Gasteiger partial charge on any atom is 0.343 e. The van der Waals surface area contributed by atoms with Crippen molar-refractivity contribution in [1.82, 2.24) is 24.6 Å². The van der Waals surface area contributed by atoms with Gasteiger partial charge in [0.25, 0.3) is 5.91 Å². The number of nitrogens with one attached hydrogen (secondary N) is 1. The summed E-state index contributed by atoms with van der Waals surface area (Å²) in [5.74, 6) is 1.05.